The van der Waals surface area contributed by atoms with E-state index in [1.54, 1.807) is 13.3 Å². The van der Waals surface area contributed by atoms with E-state index < -0.39 is 0 Å². The molecule has 1 aromatic heterocycles. The van der Waals surface area contributed by atoms with Gasteiger partial charge in [0.15, 0.2) is 0 Å². The molecule has 0 saturated carbocycles. The predicted molar refractivity (Wildman–Crippen MR) is 58.6 cm³/mol. The summed E-state index contributed by atoms with van der Waals surface area (Å²) in [5.74, 6) is 1.31. The number of hydrogen-bond acceptors (Lipinski definition) is 3. The highest BCUT2D eigenvalue weighted by atomic mass is 16.5. The molecule has 0 aliphatic carbocycles. The van der Waals surface area contributed by atoms with E-state index in [1.807, 2.05) is 12.1 Å². The highest BCUT2D eigenvalue weighted by molar-refractivity contribution is 5.22. The van der Waals surface area contributed by atoms with Crippen molar-refractivity contribution in [2.75, 3.05) is 7.11 Å². The Labute approximate surface area is 90.7 Å². The van der Waals surface area contributed by atoms with E-state index in [2.05, 4.69) is 24.9 Å². The third-order valence-corrected chi connectivity index (χ3v) is 2.51. The molecular weight excluding hydrogens is 188 g/mol. The monoisotopic (exact) mass is 204 g/mol. The first-order valence-corrected chi connectivity index (χ1v) is 5.06. The molecule has 0 saturated heterocycles. The van der Waals surface area contributed by atoms with Crippen LogP contribution in [0.1, 0.15) is 31.7 Å². The van der Waals surface area contributed by atoms with Crippen molar-refractivity contribution in [1.29, 1.82) is 5.26 Å². The van der Waals surface area contributed by atoms with Crippen LogP contribution < -0.4 is 4.74 Å². The summed E-state index contributed by atoms with van der Waals surface area (Å²) in [5, 5.41) is 8.75. The maximum Gasteiger partial charge on any atom is 0.212 e. The highest BCUT2D eigenvalue weighted by Gasteiger charge is 2.15. The average molecular weight is 204 g/mol. The van der Waals surface area contributed by atoms with Gasteiger partial charge in [0.1, 0.15) is 0 Å². The normalized spacial score (nSPS) is 12.2. The molecule has 3 nitrogen and oxygen atoms in total. The number of nitrogens with zero attached hydrogens (tertiary/aromatic N) is 2. The van der Waals surface area contributed by atoms with Crippen molar-refractivity contribution in [2.24, 2.45) is 5.92 Å². The van der Waals surface area contributed by atoms with Crippen molar-refractivity contribution in [3.8, 4) is 11.9 Å². The van der Waals surface area contributed by atoms with Crippen molar-refractivity contribution in [3.63, 3.8) is 0 Å². The van der Waals surface area contributed by atoms with Gasteiger partial charge in [-0.15, -0.1) is 0 Å². The average Bonchev–Trinajstić information content (AvgIpc) is 2.26. The minimum atomic E-state index is 0.258. The fourth-order valence-corrected chi connectivity index (χ4v) is 1.57. The molecule has 1 rings (SSSR count). The van der Waals surface area contributed by atoms with Crippen LogP contribution in [0, 0.1) is 17.2 Å². The van der Waals surface area contributed by atoms with Crippen LogP contribution in [0.15, 0.2) is 18.3 Å². The molecule has 0 N–H and O–H groups in total. The van der Waals surface area contributed by atoms with Crippen molar-refractivity contribution in [2.45, 2.75) is 26.2 Å². The zero-order chi connectivity index (χ0) is 11.3. The van der Waals surface area contributed by atoms with Gasteiger partial charge in [-0.1, -0.05) is 19.9 Å². The van der Waals surface area contributed by atoms with Gasteiger partial charge >= 0.3 is 0 Å². The Balaban J connectivity index is 2.87. The topological polar surface area (TPSA) is 45.9 Å². The van der Waals surface area contributed by atoms with Gasteiger partial charge in [0.25, 0.3) is 0 Å². The SMILES string of the molecule is COc1ccc(C(CC#N)C(C)C)cn1. The minimum Gasteiger partial charge on any atom is -0.481 e. The number of methoxy groups -OCH3 is 1. The lowest BCUT2D eigenvalue weighted by Gasteiger charge is -2.17. The smallest absolute Gasteiger partial charge is 0.212 e. The van der Waals surface area contributed by atoms with E-state index in [0.717, 1.165) is 5.56 Å². The summed E-state index contributed by atoms with van der Waals surface area (Å²) < 4.78 is 4.99. The van der Waals surface area contributed by atoms with Crippen LogP contribution in [0.2, 0.25) is 0 Å². The number of rotatable bonds is 4. The van der Waals surface area contributed by atoms with E-state index >= 15 is 0 Å². The molecule has 0 radical (unpaired) electrons. The van der Waals surface area contributed by atoms with Gasteiger partial charge in [-0.05, 0) is 11.5 Å². The van der Waals surface area contributed by atoms with E-state index in [0.29, 0.717) is 18.2 Å². The van der Waals surface area contributed by atoms with Gasteiger partial charge in [-0.2, -0.15) is 5.26 Å². The first kappa shape index (κ1) is 11.5. The van der Waals surface area contributed by atoms with Crippen LogP contribution in [0.4, 0.5) is 0 Å². The van der Waals surface area contributed by atoms with Crippen LogP contribution >= 0.6 is 0 Å². The molecule has 0 aliphatic rings. The molecular formula is C12H16N2O. The number of nitriles is 1. The van der Waals surface area contributed by atoms with Gasteiger partial charge in [-0.25, -0.2) is 4.98 Å². The lowest BCUT2D eigenvalue weighted by Crippen LogP contribution is -2.06. The second-order valence-corrected chi connectivity index (χ2v) is 3.85. The molecule has 1 atom stereocenters. The quantitative estimate of drug-likeness (QED) is 0.757. The van der Waals surface area contributed by atoms with Gasteiger partial charge in [0.2, 0.25) is 5.88 Å². The van der Waals surface area contributed by atoms with Crippen molar-refractivity contribution in [1.82, 2.24) is 4.98 Å². The standard InChI is InChI=1S/C12H16N2O/c1-9(2)11(6-7-13)10-4-5-12(15-3)14-8-10/h4-5,8-9,11H,6H2,1-3H3. The molecule has 15 heavy (non-hydrogen) atoms. The molecule has 0 aromatic carbocycles. The Bertz CT molecular complexity index is 338. The molecule has 0 aliphatic heterocycles. The lowest BCUT2D eigenvalue weighted by atomic mass is 9.87. The summed E-state index contributed by atoms with van der Waals surface area (Å²) in [6.45, 7) is 4.23. The summed E-state index contributed by atoms with van der Waals surface area (Å²) in [6.07, 6.45) is 2.33. The largest absolute Gasteiger partial charge is 0.481 e. The second kappa shape index (κ2) is 5.35. The lowest BCUT2D eigenvalue weighted by molar-refractivity contribution is 0.396. The van der Waals surface area contributed by atoms with Gasteiger partial charge in [-0.3, -0.25) is 0 Å². The maximum atomic E-state index is 8.75. The molecule has 0 fully saturated rings. The Morgan fingerprint density at radius 1 is 1.47 bits per heavy atom. The number of ether oxygens (including phenoxy) is 1. The minimum absolute atomic E-state index is 0.258. The van der Waals surface area contributed by atoms with E-state index in [1.165, 1.54) is 0 Å². The summed E-state index contributed by atoms with van der Waals surface area (Å²) in [5.41, 5.74) is 1.10. The molecule has 1 aromatic rings. The fraction of sp³-hybridized carbons (Fsp3) is 0.500. The third kappa shape index (κ3) is 2.95. The molecule has 0 spiro atoms. The van der Waals surface area contributed by atoms with Crippen LogP contribution in [-0.4, -0.2) is 12.1 Å². The van der Waals surface area contributed by atoms with E-state index in [-0.39, 0.29) is 5.92 Å². The summed E-state index contributed by atoms with van der Waals surface area (Å²) in [7, 11) is 1.59. The molecule has 1 unspecified atom stereocenters. The van der Waals surface area contributed by atoms with Crippen LogP contribution in [-0.2, 0) is 0 Å². The third-order valence-electron chi connectivity index (χ3n) is 2.51. The first-order chi connectivity index (χ1) is 7.19. The summed E-state index contributed by atoms with van der Waals surface area (Å²) in [6, 6.07) is 6.03. The van der Waals surface area contributed by atoms with Gasteiger partial charge < -0.3 is 4.74 Å². The Kier molecular flexibility index (Phi) is 4.11. The van der Waals surface area contributed by atoms with Crippen LogP contribution in [0.3, 0.4) is 0 Å². The molecule has 0 amide bonds. The Morgan fingerprint density at radius 2 is 2.20 bits per heavy atom. The zero-order valence-electron chi connectivity index (χ0n) is 9.40. The summed E-state index contributed by atoms with van der Waals surface area (Å²) in [4.78, 5) is 4.15. The first-order valence-electron chi connectivity index (χ1n) is 5.06. The maximum absolute atomic E-state index is 8.75. The second-order valence-electron chi connectivity index (χ2n) is 3.85. The number of pyridine rings is 1. The fourth-order valence-electron chi connectivity index (χ4n) is 1.57. The predicted octanol–water partition coefficient (Wildman–Crippen LogP) is 2.74. The highest BCUT2D eigenvalue weighted by Crippen LogP contribution is 2.27. The molecule has 80 valence electrons. The molecule has 3 heteroatoms. The van der Waals surface area contributed by atoms with Crippen LogP contribution in [0.5, 0.6) is 5.88 Å². The molecule has 1 heterocycles. The van der Waals surface area contributed by atoms with Gasteiger partial charge in [0, 0.05) is 24.6 Å². The van der Waals surface area contributed by atoms with Crippen LogP contribution in [0.25, 0.3) is 0 Å². The Hall–Kier alpha value is -1.56. The van der Waals surface area contributed by atoms with Crippen molar-refractivity contribution >= 4 is 0 Å². The summed E-state index contributed by atoms with van der Waals surface area (Å²) >= 11 is 0. The Morgan fingerprint density at radius 3 is 2.60 bits per heavy atom. The van der Waals surface area contributed by atoms with E-state index in [4.69, 9.17) is 10.00 Å². The van der Waals surface area contributed by atoms with Crippen molar-refractivity contribution < 1.29 is 4.74 Å². The van der Waals surface area contributed by atoms with E-state index in [9.17, 15) is 0 Å². The molecule has 0 bridgehead atoms. The number of aromatic nitrogens is 1. The zero-order valence-corrected chi connectivity index (χ0v) is 9.40. The van der Waals surface area contributed by atoms with Gasteiger partial charge in [0.05, 0.1) is 13.2 Å². The van der Waals surface area contributed by atoms with Crippen molar-refractivity contribution in [3.05, 3.63) is 23.9 Å². The number of hydrogen-bond donors (Lipinski definition) is 0.